The van der Waals surface area contributed by atoms with Gasteiger partial charge in [0.2, 0.25) is 11.1 Å². The molecule has 1 aromatic rings. The Balaban J connectivity index is 2.22. The van der Waals surface area contributed by atoms with Crippen LogP contribution in [0.5, 0.6) is 0 Å². The van der Waals surface area contributed by atoms with Crippen molar-refractivity contribution in [1.29, 1.82) is 0 Å². The van der Waals surface area contributed by atoms with Crippen LogP contribution in [0.3, 0.4) is 0 Å². The molecule has 1 atom stereocenters. The number of nitrogens with zero attached hydrogens (tertiary/aromatic N) is 5. The fourth-order valence-electron chi connectivity index (χ4n) is 2.59. The van der Waals surface area contributed by atoms with Gasteiger partial charge in [-0.2, -0.15) is 4.98 Å². The first-order valence-electron chi connectivity index (χ1n) is 7.11. The Morgan fingerprint density at radius 3 is 2.48 bits per heavy atom. The van der Waals surface area contributed by atoms with Crippen molar-refractivity contribution in [3.8, 4) is 0 Å². The first kappa shape index (κ1) is 15.9. The summed E-state index contributed by atoms with van der Waals surface area (Å²) in [4.78, 5) is 23.1. The average molecular weight is 314 g/mol. The molecule has 1 fully saturated rings. The van der Waals surface area contributed by atoms with Gasteiger partial charge in [0.25, 0.3) is 0 Å². The molecule has 0 saturated carbocycles. The van der Waals surface area contributed by atoms with Gasteiger partial charge in [-0.25, -0.2) is 4.98 Å². The fourth-order valence-corrected chi connectivity index (χ4v) is 2.79. The maximum Gasteiger partial charge on any atom is 0.332 e. The molecule has 21 heavy (non-hydrogen) atoms. The summed E-state index contributed by atoms with van der Waals surface area (Å²) in [5.74, 6) is 0.335. The minimum absolute atomic E-state index is 0.0450. The average Bonchev–Trinajstić information content (AvgIpc) is 2.45. The topological polar surface area (TPSA) is 75.4 Å². The molecule has 1 unspecified atom stereocenters. The predicted molar refractivity (Wildman–Crippen MR) is 82.0 cm³/mol. The summed E-state index contributed by atoms with van der Waals surface area (Å²) in [6.45, 7) is 9.10. The van der Waals surface area contributed by atoms with Gasteiger partial charge in [0.1, 0.15) is 5.69 Å². The molecule has 7 nitrogen and oxygen atoms in total. The van der Waals surface area contributed by atoms with Crippen LogP contribution in [0, 0.1) is 17.0 Å². The van der Waals surface area contributed by atoms with E-state index in [1.54, 1.807) is 6.92 Å². The van der Waals surface area contributed by atoms with E-state index in [1.165, 1.54) is 0 Å². The normalized spacial score (nSPS) is 17.8. The molecule has 2 rings (SSSR count). The summed E-state index contributed by atoms with van der Waals surface area (Å²) in [7, 11) is 0. The Morgan fingerprint density at radius 1 is 1.33 bits per heavy atom. The Kier molecular flexibility index (Phi) is 4.95. The largest absolute Gasteiger partial charge is 0.348 e. The summed E-state index contributed by atoms with van der Waals surface area (Å²) < 4.78 is 0. The lowest BCUT2D eigenvalue weighted by Crippen LogP contribution is -2.49. The van der Waals surface area contributed by atoms with E-state index in [9.17, 15) is 10.1 Å². The molecule has 0 bridgehead atoms. The van der Waals surface area contributed by atoms with Gasteiger partial charge < -0.3 is 4.90 Å². The molecular weight excluding hydrogens is 294 g/mol. The Labute approximate surface area is 129 Å². The van der Waals surface area contributed by atoms with Crippen molar-refractivity contribution in [2.45, 2.75) is 33.2 Å². The zero-order valence-electron chi connectivity index (χ0n) is 12.5. The summed E-state index contributed by atoms with van der Waals surface area (Å²) in [5.41, 5.74) is 0.260. The quantitative estimate of drug-likeness (QED) is 0.482. The van der Waals surface area contributed by atoms with Gasteiger partial charge in [0.05, 0.1) is 4.92 Å². The number of anilines is 1. The molecule has 1 aliphatic rings. The van der Waals surface area contributed by atoms with Crippen molar-refractivity contribution >= 4 is 23.1 Å². The van der Waals surface area contributed by atoms with Crippen molar-refractivity contribution in [3.63, 3.8) is 0 Å². The van der Waals surface area contributed by atoms with E-state index < -0.39 is 4.92 Å². The SMILES string of the molecule is CCC(C)N1CCN(c2nc(Cl)nc(C)c2[N+](=O)[O-])CC1. The van der Waals surface area contributed by atoms with Gasteiger partial charge in [0, 0.05) is 32.2 Å². The monoisotopic (exact) mass is 313 g/mol. The van der Waals surface area contributed by atoms with Crippen molar-refractivity contribution < 1.29 is 4.92 Å². The third-order valence-corrected chi connectivity index (χ3v) is 4.19. The van der Waals surface area contributed by atoms with Crippen molar-refractivity contribution in [2.24, 2.45) is 0 Å². The fraction of sp³-hybridized carbons (Fsp3) is 0.692. The molecule has 1 aliphatic heterocycles. The highest BCUT2D eigenvalue weighted by Crippen LogP contribution is 2.30. The molecule has 0 amide bonds. The maximum absolute atomic E-state index is 11.3. The van der Waals surface area contributed by atoms with Crippen LogP contribution >= 0.6 is 11.6 Å². The number of aromatic nitrogens is 2. The summed E-state index contributed by atoms with van der Waals surface area (Å²) in [6.07, 6.45) is 1.10. The maximum atomic E-state index is 11.3. The van der Waals surface area contributed by atoms with Crippen LogP contribution in [0.2, 0.25) is 5.28 Å². The Morgan fingerprint density at radius 2 is 1.95 bits per heavy atom. The molecule has 2 heterocycles. The zero-order chi connectivity index (χ0) is 15.6. The minimum atomic E-state index is -0.429. The second-order valence-corrected chi connectivity index (χ2v) is 5.63. The van der Waals surface area contributed by atoms with E-state index in [2.05, 4.69) is 28.7 Å². The van der Waals surface area contributed by atoms with Gasteiger partial charge >= 0.3 is 5.69 Å². The molecule has 1 saturated heterocycles. The van der Waals surface area contributed by atoms with Crippen LogP contribution < -0.4 is 4.90 Å². The first-order chi connectivity index (χ1) is 9.93. The summed E-state index contributed by atoms with van der Waals surface area (Å²) in [5, 5.41) is 11.3. The van der Waals surface area contributed by atoms with Crippen molar-refractivity contribution in [3.05, 3.63) is 21.1 Å². The van der Waals surface area contributed by atoms with Crippen molar-refractivity contribution in [1.82, 2.24) is 14.9 Å². The van der Waals surface area contributed by atoms with Crippen LogP contribution in [0.25, 0.3) is 0 Å². The van der Waals surface area contributed by atoms with Crippen LogP contribution in [0.4, 0.5) is 11.5 Å². The highest BCUT2D eigenvalue weighted by Gasteiger charge is 2.29. The second kappa shape index (κ2) is 6.53. The number of nitro groups is 1. The van der Waals surface area contributed by atoms with E-state index in [-0.39, 0.29) is 11.0 Å². The van der Waals surface area contributed by atoms with Gasteiger partial charge in [-0.3, -0.25) is 15.0 Å². The molecule has 116 valence electrons. The van der Waals surface area contributed by atoms with Gasteiger partial charge in [-0.15, -0.1) is 0 Å². The highest BCUT2D eigenvalue weighted by molar-refractivity contribution is 6.28. The molecule has 1 aromatic heterocycles. The summed E-state index contributed by atoms with van der Waals surface area (Å²) >= 11 is 5.87. The number of aryl methyl sites for hydroxylation is 1. The van der Waals surface area contributed by atoms with E-state index >= 15 is 0 Å². The lowest BCUT2D eigenvalue weighted by atomic mass is 10.2. The van der Waals surface area contributed by atoms with Gasteiger partial charge in [-0.05, 0) is 31.9 Å². The van der Waals surface area contributed by atoms with E-state index in [0.29, 0.717) is 30.6 Å². The summed E-state index contributed by atoms with van der Waals surface area (Å²) in [6, 6.07) is 0.526. The number of halogens is 1. The number of hydrogen-bond acceptors (Lipinski definition) is 6. The standard InChI is InChI=1S/C13H20ClN5O2/c1-4-9(2)17-5-7-18(8-6-17)12-11(19(20)21)10(3)15-13(14)16-12/h9H,4-8H2,1-3H3. The molecule has 0 N–H and O–H groups in total. The van der Waals surface area contributed by atoms with Gasteiger partial charge in [-0.1, -0.05) is 6.92 Å². The first-order valence-corrected chi connectivity index (χ1v) is 7.49. The Bertz CT molecular complexity index is 532. The van der Waals surface area contributed by atoms with Crippen LogP contribution in [0.1, 0.15) is 26.0 Å². The lowest BCUT2D eigenvalue weighted by Gasteiger charge is -2.38. The van der Waals surface area contributed by atoms with E-state index in [4.69, 9.17) is 11.6 Å². The molecule has 0 aliphatic carbocycles. The van der Waals surface area contributed by atoms with Gasteiger partial charge in [0.15, 0.2) is 0 Å². The molecule has 0 aromatic carbocycles. The zero-order valence-corrected chi connectivity index (χ0v) is 13.3. The number of piperazine rings is 1. The Hall–Kier alpha value is -1.47. The molecule has 8 heteroatoms. The highest BCUT2D eigenvalue weighted by atomic mass is 35.5. The van der Waals surface area contributed by atoms with E-state index in [0.717, 1.165) is 19.5 Å². The second-order valence-electron chi connectivity index (χ2n) is 5.29. The third-order valence-electron chi connectivity index (χ3n) is 4.02. The number of rotatable bonds is 4. The lowest BCUT2D eigenvalue weighted by molar-refractivity contribution is -0.385. The van der Waals surface area contributed by atoms with Crippen LogP contribution in [-0.4, -0.2) is 52.0 Å². The number of hydrogen-bond donors (Lipinski definition) is 0. The van der Waals surface area contributed by atoms with Crippen molar-refractivity contribution in [2.75, 3.05) is 31.1 Å². The van der Waals surface area contributed by atoms with E-state index in [1.807, 2.05) is 4.90 Å². The smallest absolute Gasteiger partial charge is 0.332 e. The van der Waals surface area contributed by atoms with Crippen LogP contribution in [-0.2, 0) is 0 Å². The third kappa shape index (κ3) is 3.41. The van der Waals surface area contributed by atoms with Crippen LogP contribution in [0.15, 0.2) is 0 Å². The molecular formula is C13H20ClN5O2. The predicted octanol–water partition coefficient (Wildman–Crippen LogP) is 2.27. The molecule has 0 spiro atoms. The molecule has 0 radical (unpaired) electrons. The minimum Gasteiger partial charge on any atom is -0.348 e.